The largest absolute Gasteiger partial charge is 0.481 e. The van der Waals surface area contributed by atoms with Crippen molar-refractivity contribution >= 4 is 39.5 Å². The molecule has 192 valence electrons. The second-order valence-electron chi connectivity index (χ2n) is 9.44. The molecule has 1 heterocycles. The molecule has 7 nitrogen and oxygen atoms in total. The molecular formula is C29H30BrN3O4. The fourth-order valence-electron chi connectivity index (χ4n) is 4.71. The number of anilines is 1. The van der Waals surface area contributed by atoms with E-state index in [2.05, 4.69) is 21.2 Å². The standard InChI is InChI=1S/C29H30BrN3O4/c1-20(15-21-7-3-2-4-8-21)31-28(36)26-10-6-5-9-23(26)19-32-17-22(16-27(34)35)18-33(29(32)37)25-13-11-24(30)12-14-25/h2-14,20,22H,15-19H2,1H3,(H,31,36)(H,34,35). The molecule has 3 aromatic rings. The first-order valence-corrected chi connectivity index (χ1v) is 13.1. The molecule has 8 heteroatoms. The summed E-state index contributed by atoms with van der Waals surface area (Å²) in [5.74, 6) is -1.34. The number of carbonyl (C=O) groups is 3. The Labute approximate surface area is 225 Å². The van der Waals surface area contributed by atoms with Gasteiger partial charge in [0.05, 0.1) is 6.42 Å². The van der Waals surface area contributed by atoms with Crippen molar-refractivity contribution in [1.82, 2.24) is 10.2 Å². The monoisotopic (exact) mass is 563 g/mol. The number of benzene rings is 3. The molecule has 0 aromatic heterocycles. The molecule has 2 atom stereocenters. The van der Waals surface area contributed by atoms with Crippen LogP contribution in [-0.4, -0.2) is 47.0 Å². The van der Waals surface area contributed by atoms with Crippen molar-refractivity contribution in [2.45, 2.75) is 32.4 Å². The van der Waals surface area contributed by atoms with E-state index in [4.69, 9.17) is 0 Å². The van der Waals surface area contributed by atoms with Gasteiger partial charge in [-0.1, -0.05) is 64.5 Å². The third-order valence-electron chi connectivity index (χ3n) is 6.41. The van der Waals surface area contributed by atoms with Gasteiger partial charge in [-0.15, -0.1) is 0 Å². The van der Waals surface area contributed by atoms with Gasteiger partial charge in [0, 0.05) is 47.3 Å². The second kappa shape index (κ2) is 12.1. The van der Waals surface area contributed by atoms with Gasteiger partial charge in [0.15, 0.2) is 0 Å². The van der Waals surface area contributed by atoms with Crippen LogP contribution in [-0.2, 0) is 17.8 Å². The first-order chi connectivity index (χ1) is 17.8. The molecule has 0 radical (unpaired) electrons. The van der Waals surface area contributed by atoms with Crippen molar-refractivity contribution in [2.75, 3.05) is 18.0 Å². The van der Waals surface area contributed by atoms with Crippen LogP contribution in [0.1, 0.15) is 34.8 Å². The van der Waals surface area contributed by atoms with Crippen LogP contribution < -0.4 is 10.2 Å². The lowest BCUT2D eigenvalue weighted by atomic mass is 9.99. The van der Waals surface area contributed by atoms with Crippen molar-refractivity contribution in [3.8, 4) is 0 Å². The highest BCUT2D eigenvalue weighted by atomic mass is 79.9. The van der Waals surface area contributed by atoms with Crippen LogP contribution in [0.5, 0.6) is 0 Å². The predicted molar refractivity (Wildman–Crippen MR) is 147 cm³/mol. The van der Waals surface area contributed by atoms with Gasteiger partial charge in [-0.05, 0) is 54.8 Å². The number of carboxylic acid groups (broad SMARTS) is 1. The highest BCUT2D eigenvalue weighted by molar-refractivity contribution is 9.10. The number of amides is 3. The molecule has 37 heavy (non-hydrogen) atoms. The lowest BCUT2D eigenvalue weighted by molar-refractivity contribution is -0.138. The maximum atomic E-state index is 13.5. The SMILES string of the molecule is CC(Cc1ccccc1)NC(=O)c1ccccc1CN1CC(CC(=O)O)CN(c2ccc(Br)cc2)C1=O. The molecule has 0 aliphatic carbocycles. The van der Waals surface area contributed by atoms with Crippen LogP contribution in [0.2, 0.25) is 0 Å². The molecule has 4 rings (SSSR count). The van der Waals surface area contributed by atoms with Gasteiger partial charge in [-0.3, -0.25) is 14.5 Å². The van der Waals surface area contributed by atoms with Gasteiger partial charge in [0.1, 0.15) is 0 Å². The number of carboxylic acids is 1. The Morgan fingerprint density at radius 3 is 2.38 bits per heavy atom. The topological polar surface area (TPSA) is 89.9 Å². The van der Waals surface area contributed by atoms with Crippen LogP contribution in [0.4, 0.5) is 10.5 Å². The molecule has 0 saturated carbocycles. The Bertz CT molecular complexity index is 1250. The van der Waals surface area contributed by atoms with E-state index in [-0.39, 0.29) is 36.9 Å². The molecule has 2 N–H and O–H groups in total. The van der Waals surface area contributed by atoms with E-state index < -0.39 is 5.97 Å². The Morgan fingerprint density at radius 1 is 1.00 bits per heavy atom. The fourth-order valence-corrected chi connectivity index (χ4v) is 4.97. The molecule has 1 aliphatic heterocycles. The Balaban J connectivity index is 1.52. The summed E-state index contributed by atoms with van der Waals surface area (Å²) >= 11 is 3.41. The average molecular weight is 564 g/mol. The number of urea groups is 1. The normalized spacial score (nSPS) is 16.4. The molecule has 2 unspecified atom stereocenters. The third-order valence-corrected chi connectivity index (χ3v) is 6.94. The minimum atomic E-state index is -0.901. The van der Waals surface area contributed by atoms with Crippen LogP contribution in [0.25, 0.3) is 0 Å². The van der Waals surface area contributed by atoms with Gasteiger partial charge in [-0.25, -0.2) is 4.79 Å². The summed E-state index contributed by atoms with van der Waals surface area (Å²) in [5, 5.41) is 12.5. The summed E-state index contributed by atoms with van der Waals surface area (Å²) in [7, 11) is 0. The molecule has 0 bridgehead atoms. The Kier molecular flexibility index (Phi) is 8.61. The maximum Gasteiger partial charge on any atom is 0.324 e. The van der Waals surface area contributed by atoms with E-state index in [1.807, 2.05) is 73.7 Å². The Morgan fingerprint density at radius 2 is 1.68 bits per heavy atom. The van der Waals surface area contributed by atoms with Crippen LogP contribution in [0.15, 0.2) is 83.3 Å². The summed E-state index contributed by atoms with van der Waals surface area (Å²) < 4.78 is 0.890. The van der Waals surface area contributed by atoms with Crippen molar-refractivity contribution < 1.29 is 19.5 Å². The molecule has 0 spiro atoms. The van der Waals surface area contributed by atoms with E-state index in [1.165, 1.54) is 0 Å². The minimum absolute atomic E-state index is 0.0457. The highest BCUT2D eigenvalue weighted by Gasteiger charge is 2.34. The quantitative estimate of drug-likeness (QED) is 0.367. The number of hydrogen-bond acceptors (Lipinski definition) is 3. The van der Waals surface area contributed by atoms with Crippen LogP contribution >= 0.6 is 15.9 Å². The van der Waals surface area contributed by atoms with Crippen LogP contribution in [0, 0.1) is 5.92 Å². The second-order valence-corrected chi connectivity index (χ2v) is 10.4. The zero-order valence-electron chi connectivity index (χ0n) is 20.6. The lowest BCUT2D eigenvalue weighted by Crippen LogP contribution is -2.53. The lowest BCUT2D eigenvalue weighted by Gasteiger charge is -2.40. The Hall–Kier alpha value is -3.65. The van der Waals surface area contributed by atoms with Crippen molar-refractivity contribution in [3.05, 3.63) is 100 Å². The summed E-state index contributed by atoms with van der Waals surface area (Å²) in [6.07, 6.45) is 0.661. The molecular weight excluding hydrogens is 534 g/mol. The van der Waals surface area contributed by atoms with Gasteiger partial charge >= 0.3 is 12.0 Å². The molecule has 3 aromatic carbocycles. The average Bonchev–Trinajstić information content (AvgIpc) is 2.87. The number of carbonyl (C=O) groups excluding carboxylic acids is 2. The summed E-state index contributed by atoms with van der Waals surface area (Å²) in [4.78, 5) is 41.5. The first-order valence-electron chi connectivity index (χ1n) is 12.3. The summed E-state index contributed by atoms with van der Waals surface area (Å²) in [5.41, 5.74) is 3.06. The number of nitrogens with one attached hydrogen (secondary N) is 1. The zero-order valence-corrected chi connectivity index (χ0v) is 22.2. The van der Waals surface area contributed by atoms with Gasteiger partial charge in [0.2, 0.25) is 0 Å². The van der Waals surface area contributed by atoms with E-state index in [1.54, 1.807) is 21.9 Å². The number of hydrogen-bond donors (Lipinski definition) is 2. The number of rotatable bonds is 9. The van der Waals surface area contributed by atoms with E-state index >= 15 is 0 Å². The summed E-state index contributed by atoms with van der Waals surface area (Å²) in [6.45, 7) is 2.80. The molecule has 1 aliphatic rings. The molecule has 1 fully saturated rings. The first kappa shape index (κ1) is 26.4. The zero-order chi connectivity index (χ0) is 26.4. The minimum Gasteiger partial charge on any atom is -0.481 e. The van der Waals surface area contributed by atoms with Crippen molar-refractivity contribution in [1.29, 1.82) is 0 Å². The van der Waals surface area contributed by atoms with E-state index in [0.717, 1.165) is 10.0 Å². The van der Waals surface area contributed by atoms with Gasteiger partial charge in [-0.2, -0.15) is 0 Å². The number of nitrogens with zero attached hydrogens (tertiary/aromatic N) is 2. The predicted octanol–water partition coefficient (Wildman–Crippen LogP) is 5.34. The van der Waals surface area contributed by atoms with E-state index in [9.17, 15) is 19.5 Å². The van der Waals surface area contributed by atoms with Crippen molar-refractivity contribution in [2.24, 2.45) is 5.92 Å². The smallest absolute Gasteiger partial charge is 0.324 e. The van der Waals surface area contributed by atoms with Gasteiger partial charge in [0.25, 0.3) is 5.91 Å². The number of halogens is 1. The van der Waals surface area contributed by atoms with Crippen LogP contribution in [0.3, 0.4) is 0 Å². The third kappa shape index (κ3) is 6.98. The summed E-state index contributed by atoms with van der Waals surface area (Å²) in [6, 6.07) is 24.3. The number of aliphatic carboxylic acids is 1. The molecule has 3 amide bonds. The molecule has 1 saturated heterocycles. The highest BCUT2D eigenvalue weighted by Crippen LogP contribution is 2.27. The van der Waals surface area contributed by atoms with E-state index in [0.29, 0.717) is 36.3 Å². The maximum absolute atomic E-state index is 13.5. The van der Waals surface area contributed by atoms with Gasteiger partial charge < -0.3 is 15.3 Å². The fraction of sp³-hybridized carbons (Fsp3) is 0.276. The van der Waals surface area contributed by atoms with Crippen molar-refractivity contribution in [3.63, 3.8) is 0 Å².